The van der Waals surface area contributed by atoms with Gasteiger partial charge in [-0.3, -0.25) is 10.1 Å². The number of halogens is 1. The standard InChI is InChI=1S/C12H16ClN3O2/c1-9-3-2-5-15(6-4-9)12-8-10(16(17)18)7-11(13)14-12/h7-9H,2-6H2,1H3. The van der Waals surface area contributed by atoms with E-state index in [4.69, 9.17) is 11.6 Å². The maximum absolute atomic E-state index is 10.8. The minimum atomic E-state index is -0.433. The maximum atomic E-state index is 10.8. The van der Waals surface area contributed by atoms with Crippen molar-refractivity contribution in [1.82, 2.24) is 4.98 Å². The molecule has 0 saturated carbocycles. The Balaban J connectivity index is 2.24. The molecule has 1 aliphatic heterocycles. The molecule has 1 aliphatic rings. The topological polar surface area (TPSA) is 59.3 Å². The van der Waals surface area contributed by atoms with E-state index in [1.807, 2.05) is 0 Å². The molecule has 98 valence electrons. The lowest BCUT2D eigenvalue weighted by atomic mass is 10.0. The highest BCUT2D eigenvalue weighted by Gasteiger charge is 2.18. The smallest absolute Gasteiger partial charge is 0.276 e. The Hall–Kier alpha value is -1.36. The largest absolute Gasteiger partial charge is 0.356 e. The van der Waals surface area contributed by atoms with Gasteiger partial charge in [0.2, 0.25) is 0 Å². The molecule has 0 amide bonds. The molecule has 1 aromatic rings. The van der Waals surface area contributed by atoms with E-state index < -0.39 is 4.92 Å². The van der Waals surface area contributed by atoms with Crippen molar-refractivity contribution in [3.63, 3.8) is 0 Å². The molecule has 5 nitrogen and oxygen atoms in total. The molecule has 1 fully saturated rings. The molecule has 0 N–H and O–H groups in total. The summed E-state index contributed by atoms with van der Waals surface area (Å²) in [6.45, 7) is 4.00. The zero-order chi connectivity index (χ0) is 13.1. The third-order valence-corrected chi connectivity index (χ3v) is 3.51. The number of nitrogens with zero attached hydrogens (tertiary/aromatic N) is 3. The van der Waals surface area contributed by atoms with Gasteiger partial charge in [-0.2, -0.15) is 0 Å². The van der Waals surface area contributed by atoms with Gasteiger partial charge >= 0.3 is 0 Å². The maximum Gasteiger partial charge on any atom is 0.276 e. The van der Waals surface area contributed by atoms with Crippen LogP contribution in [0.3, 0.4) is 0 Å². The Morgan fingerprint density at radius 1 is 1.44 bits per heavy atom. The lowest BCUT2D eigenvalue weighted by Gasteiger charge is -2.21. The molecule has 1 atom stereocenters. The van der Waals surface area contributed by atoms with Crippen molar-refractivity contribution < 1.29 is 4.92 Å². The summed E-state index contributed by atoms with van der Waals surface area (Å²) in [7, 11) is 0. The number of hydrogen-bond donors (Lipinski definition) is 0. The fourth-order valence-corrected chi connectivity index (χ4v) is 2.43. The highest BCUT2D eigenvalue weighted by atomic mass is 35.5. The summed E-state index contributed by atoms with van der Waals surface area (Å²) >= 11 is 5.84. The molecule has 0 radical (unpaired) electrons. The second kappa shape index (κ2) is 5.52. The average molecular weight is 270 g/mol. The van der Waals surface area contributed by atoms with Gasteiger partial charge in [-0.15, -0.1) is 0 Å². The Bertz CT molecular complexity index is 453. The quantitative estimate of drug-likeness (QED) is 0.470. The zero-order valence-corrected chi connectivity index (χ0v) is 11.1. The molecule has 1 saturated heterocycles. The van der Waals surface area contributed by atoms with E-state index in [1.165, 1.54) is 18.6 Å². The van der Waals surface area contributed by atoms with Crippen LogP contribution in [0, 0.1) is 16.0 Å². The summed E-state index contributed by atoms with van der Waals surface area (Å²) < 4.78 is 0. The Kier molecular flexibility index (Phi) is 4.01. The van der Waals surface area contributed by atoms with Crippen LogP contribution in [0.5, 0.6) is 0 Å². The highest BCUT2D eigenvalue weighted by Crippen LogP contribution is 2.26. The molecule has 1 unspecified atom stereocenters. The third-order valence-electron chi connectivity index (χ3n) is 3.32. The van der Waals surface area contributed by atoms with E-state index in [1.54, 1.807) is 0 Å². The zero-order valence-electron chi connectivity index (χ0n) is 10.3. The summed E-state index contributed by atoms with van der Waals surface area (Å²) in [6.07, 6.45) is 3.37. The van der Waals surface area contributed by atoms with Gasteiger partial charge in [-0.05, 0) is 25.2 Å². The molecule has 1 aromatic heterocycles. The second-order valence-electron chi connectivity index (χ2n) is 4.79. The first kappa shape index (κ1) is 13.1. The fraction of sp³-hybridized carbons (Fsp3) is 0.583. The fourth-order valence-electron chi connectivity index (χ4n) is 2.23. The van der Waals surface area contributed by atoms with Crippen molar-refractivity contribution >= 4 is 23.1 Å². The van der Waals surface area contributed by atoms with Crippen molar-refractivity contribution in [1.29, 1.82) is 0 Å². The van der Waals surface area contributed by atoms with E-state index in [9.17, 15) is 10.1 Å². The number of rotatable bonds is 2. The van der Waals surface area contributed by atoms with Crippen LogP contribution in [0.25, 0.3) is 0 Å². The van der Waals surface area contributed by atoms with Crippen molar-refractivity contribution in [3.8, 4) is 0 Å². The normalized spacial score (nSPS) is 20.6. The van der Waals surface area contributed by atoms with Crippen LogP contribution in [0.4, 0.5) is 11.5 Å². The minimum Gasteiger partial charge on any atom is -0.356 e. The van der Waals surface area contributed by atoms with E-state index >= 15 is 0 Å². The monoisotopic (exact) mass is 269 g/mol. The molecular formula is C12H16ClN3O2. The first-order valence-corrected chi connectivity index (χ1v) is 6.51. The van der Waals surface area contributed by atoms with E-state index in [0.717, 1.165) is 25.9 Å². The minimum absolute atomic E-state index is 0.00213. The first-order valence-electron chi connectivity index (χ1n) is 6.13. The van der Waals surface area contributed by atoms with Crippen LogP contribution >= 0.6 is 11.6 Å². The van der Waals surface area contributed by atoms with E-state index in [2.05, 4.69) is 16.8 Å². The Morgan fingerprint density at radius 2 is 2.22 bits per heavy atom. The van der Waals surface area contributed by atoms with Crippen LogP contribution < -0.4 is 4.90 Å². The predicted octanol–water partition coefficient (Wildman–Crippen LogP) is 3.27. The van der Waals surface area contributed by atoms with E-state index in [0.29, 0.717) is 11.7 Å². The average Bonchev–Trinajstić information content (AvgIpc) is 2.53. The summed E-state index contributed by atoms with van der Waals surface area (Å²) in [5.41, 5.74) is 0.00213. The number of nitro groups is 1. The van der Waals surface area contributed by atoms with Crippen LogP contribution in [0.2, 0.25) is 5.15 Å². The molecule has 2 heterocycles. The number of aromatic nitrogens is 1. The third kappa shape index (κ3) is 3.10. The van der Waals surface area contributed by atoms with Gasteiger partial charge in [-0.25, -0.2) is 4.98 Å². The molecular weight excluding hydrogens is 254 g/mol. The van der Waals surface area contributed by atoms with Crippen LogP contribution in [-0.2, 0) is 0 Å². The van der Waals surface area contributed by atoms with Crippen molar-refractivity contribution in [2.75, 3.05) is 18.0 Å². The van der Waals surface area contributed by atoms with Crippen LogP contribution in [0.15, 0.2) is 12.1 Å². The molecule has 6 heteroatoms. The van der Waals surface area contributed by atoms with Gasteiger partial charge < -0.3 is 4.90 Å². The molecule has 0 bridgehead atoms. The predicted molar refractivity (Wildman–Crippen MR) is 71.1 cm³/mol. The Morgan fingerprint density at radius 3 is 2.94 bits per heavy atom. The molecule has 18 heavy (non-hydrogen) atoms. The van der Waals surface area contributed by atoms with Gasteiger partial charge in [0.15, 0.2) is 0 Å². The molecule has 0 aliphatic carbocycles. The summed E-state index contributed by atoms with van der Waals surface area (Å²) in [4.78, 5) is 16.7. The van der Waals surface area contributed by atoms with Gasteiger partial charge in [-0.1, -0.05) is 18.5 Å². The SMILES string of the molecule is CC1CCCN(c2cc([N+](=O)[O-])cc(Cl)n2)CC1. The van der Waals surface area contributed by atoms with Crippen molar-refractivity contribution in [2.24, 2.45) is 5.92 Å². The lowest BCUT2D eigenvalue weighted by Crippen LogP contribution is -2.25. The Labute approximate surface area is 111 Å². The summed E-state index contributed by atoms with van der Waals surface area (Å²) in [6, 6.07) is 2.79. The second-order valence-corrected chi connectivity index (χ2v) is 5.17. The summed E-state index contributed by atoms with van der Waals surface area (Å²) in [5.74, 6) is 1.31. The highest BCUT2D eigenvalue weighted by molar-refractivity contribution is 6.29. The number of pyridine rings is 1. The number of hydrogen-bond acceptors (Lipinski definition) is 4. The molecule has 0 spiro atoms. The molecule has 2 rings (SSSR count). The first-order chi connectivity index (χ1) is 8.56. The van der Waals surface area contributed by atoms with Crippen LogP contribution in [0.1, 0.15) is 26.2 Å². The molecule has 0 aromatic carbocycles. The number of anilines is 1. The van der Waals surface area contributed by atoms with Gasteiger partial charge in [0.25, 0.3) is 5.69 Å². The van der Waals surface area contributed by atoms with Gasteiger partial charge in [0.1, 0.15) is 11.0 Å². The van der Waals surface area contributed by atoms with Crippen molar-refractivity contribution in [2.45, 2.75) is 26.2 Å². The van der Waals surface area contributed by atoms with Gasteiger partial charge in [0, 0.05) is 13.1 Å². The van der Waals surface area contributed by atoms with Crippen LogP contribution in [-0.4, -0.2) is 23.0 Å². The summed E-state index contributed by atoms with van der Waals surface area (Å²) in [5, 5.41) is 11.0. The van der Waals surface area contributed by atoms with Gasteiger partial charge in [0.05, 0.1) is 17.1 Å². The van der Waals surface area contributed by atoms with Crippen molar-refractivity contribution in [3.05, 3.63) is 27.4 Å². The van der Waals surface area contributed by atoms with E-state index in [-0.39, 0.29) is 10.8 Å². The lowest BCUT2D eigenvalue weighted by molar-refractivity contribution is -0.384.